The molecule has 0 bridgehead atoms. The lowest BCUT2D eigenvalue weighted by Crippen LogP contribution is -1.95. The Bertz CT molecular complexity index is 2130. The van der Waals surface area contributed by atoms with Crippen LogP contribution >= 0.6 is 0 Å². The van der Waals surface area contributed by atoms with Gasteiger partial charge in [0.15, 0.2) is 0 Å². The summed E-state index contributed by atoms with van der Waals surface area (Å²) < 4.78 is 2.48. The smallest absolute Gasteiger partial charge is 0.0625 e. The zero-order valence-electron chi connectivity index (χ0n) is 20.2. The van der Waals surface area contributed by atoms with E-state index in [0.717, 1.165) is 0 Å². The van der Waals surface area contributed by atoms with Crippen LogP contribution in [0.3, 0.4) is 0 Å². The first-order valence-electron chi connectivity index (χ1n) is 12.8. The third-order valence-corrected chi connectivity index (χ3v) is 7.71. The molecule has 0 aliphatic heterocycles. The Morgan fingerprint density at radius 3 is 1.76 bits per heavy atom. The van der Waals surface area contributed by atoms with Crippen LogP contribution < -0.4 is 0 Å². The maximum atomic E-state index is 2.48. The van der Waals surface area contributed by atoms with Crippen LogP contribution in [0.4, 0.5) is 0 Å². The molecule has 7 aromatic carbocycles. The summed E-state index contributed by atoms with van der Waals surface area (Å²) in [5, 5.41) is 10.3. The van der Waals surface area contributed by atoms with E-state index in [1.807, 2.05) is 0 Å². The van der Waals surface area contributed by atoms with Crippen molar-refractivity contribution in [1.29, 1.82) is 0 Å². The summed E-state index contributed by atoms with van der Waals surface area (Å²) in [5.74, 6) is 0. The largest absolute Gasteiger partial charge is 0.309 e. The number of nitrogens with zero attached hydrogens (tertiary/aromatic N) is 1. The van der Waals surface area contributed by atoms with Gasteiger partial charge in [-0.05, 0) is 62.3 Å². The molecule has 0 spiro atoms. The summed E-state index contributed by atoms with van der Waals surface area (Å²) in [6, 6.07) is 50.7. The van der Waals surface area contributed by atoms with Crippen molar-refractivity contribution in [1.82, 2.24) is 4.57 Å². The lowest BCUT2D eigenvalue weighted by atomic mass is 9.96. The molecule has 0 saturated heterocycles. The van der Waals surface area contributed by atoms with Gasteiger partial charge in [-0.15, -0.1) is 0 Å². The molecule has 37 heavy (non-hydrogen) atoms. The number of benzene rings is 7. The SMILES string of the molecule is c1ccc(-c2cccc(-n3c4cc5ccccc5cc4c4c5ccccc5c5ccccc5c43)c2)cc1. The van der Waals surface area contributed by atoms with Gasteiger partial charge in [-0.25, -0.2) is 0 Å². The molecule has 0 N–H and O–H groups in total. The summed E-state index contributed by atoms with van der Waals surface area (Å²) in [7, 11) is 0. The first-order valence-corrected chi connectivity index (χ1v) is 12.8. The van der Waals surface area contributed by atoms with Gasteiger partial charge in [0.2, 0.25) is 0 Å². The highest BCUT2D eigenvalue weighted by Crippen LogP contribution is 2.43. The molecule has 0 fully saturated rings. The fraction of sp³-hybridized carbons (Fsp3) is 0. The summed E-state index contributed by atoms with van der Waals surface area (Å²) in [6.07, 6.45) is 0. The van der Waals surface area contributed by atoms with Crippen molar-refractivity contribution in [2.75, 3.05) is 0 Å². The van der Waals surface area contributed by atoms with Crippen LogP contribution in [-0.2, 0) is 0 Å². The van der Waals surface area contributed by atoms with E-state index in [-0.39, 0.29) is 0 Å². The summed E-state index contributed by atoms with van der Waals surface area (Å²) in [6.45, 7) is 0. The van der Waals surface area contributed by atoms with Crippen molar-refractivity contribution in [2.45, 2.75) is 0 Å². The van der Waals surface area contributed by atoms with Crippen LogP contribution in [0.1, 0.15) is 0 Å². The quantitative estimate of drug-likeness (QED) is 0.222. The molecule has 0 amide bonds. The van der Waals surface area contributed by atoms with Crippen molar-refractivity contribution in [3.05, 3.63) is 140 Å². The zero-order chi connectivity index (χ0) is 24.3. The van der Waals surface area contributed by atoms with Crippen molar-refractivity contribution < 1.29 is 0 Å². The van der Waals surface area contributed by atoms with E-state index in [0.29, 0.717) is 0 Å². The Labute approximate surface area is 214 Å². The first kappa shape index (κ1) is 20.3. The topological polar surface area (TPSA) is 4.93 Å². The van der Waals surface area contributed by atoms with E-state index in [9.17, 15) is 0 Å². The summed E-state index contributed by atoms with van der Waals surface area (Å²) in [5.41, 5.74) is 6.13. The lowest BCUT2D eigenvalue weighted by Gasteiger charge is -2.13. The van der Waals surface area contributed by atoms with Crippen LogP contribution in [0.5, 0.6) is 0 Å². The minimum atomic E-state index is 1.18. The molecule has 0 radical (unpaired) electrons. The predicted octanol–water partition coefficient (Wildman–Crippen LogP) is 9.91. The van der Waals surface area contributed by atoms with Gasteiger partial charge in [0.25, 0.3) is 0 Å². The highest BCUT2D eigenvalue weighted by molar-refractivity contribution is 6.32. The van der Waals surface area contributed by atoms with Gasteiger partial charge in [0.05, 0.1) is 11.0 Å². The van der Waals surface area contributed by atoms with Crippen LogP contribution in [0.2, 0.25) is 0 Å². The number of aromatic nitrogens is 1. The van der Waals surface area contributed by atoms with Gasteiger partial charge in [-0.2, -0.15) is 0 Å². The minimum Gasteiger partial charge on any atom is -0.309 e. The molecule has 172 valence electrons. The average molecular weight is 470 g/mol. The number of hydrogen-bond donors (Lipinski definition) is 0. The molecule has 1 nitrogen and oxygen atoms in total. The van der Waals surface area contributed by atoms with Gasteiger partial charge >= 0.3 is 0 Å². The Morgan fingerprint density at radius 2 is 0.973 bits per heavy atom. The standard InChI is InChI=1S/C36H23N/c1-2-11-24(12-3-1)25-15-10-16-28(21-25)37-34-23-27-14-5-4-13-26(27)22-33(34)35-31-19-8-6-17-29(31)30-18-7-9-20-32(30)36(35)37/h1-23H. The maximum Gasteiger partial charge on any atom is 0.0625 e. The molecular weight excluding hydrogens is 446 g/mol. The molecule has 0 unspecified atom stereocenters. The van der Waals surface area contributed by atoms with E-state index in [1.165, 1.54) is 70.9 Å². The highest BCUT2D eigenvalue weighted by Gasteiger charge is 2.19. The third kappa shape index (κ3) is 2.98. The summed E-state index contributed by atoms with van der Waals surface area (Å²) in [4.78, 5) is 0. The van der Waals surface area contributed by atoms with Gasteiger partial charge in [0, 0.05) is 21.8 Å². The number of fused-ring (bicyclic) bond motifs is 9. The number of hydrogen-bond acceptors (Lipinski definition) is 0. The van der Waals surface area contributed by atoms with Crippen LogP contribution in [0, 0.1) is 0 Å². The van der Waals surface area contributed by atoms with E-state index < -0.39 is 0 Å². The molecular formula is C36H23N. The van der Waals surface area contributed by atoms with Gasteiger partial charge in [0.1, 0.15) is 0 Å². The molecule has 0 atom stereocenters. The van der Waals surface area contributed by atoms with Gasteiger partial charge < -0.3 is 4.57 Å². The monoisotopic (exact) mass is 469 g/mol. The molecule has 8 aromatic rings. The van der Waals surface area contributed by atoms with E-state index in [2.05, 4.69) is 144 Å². The van der Waals surface area contributed by atoms with Crippen molar-refractivity contribution in [2.24, 2.45) is 0 Å². The second kappa shape index (κ2) is 7.81. The van der Waals surface area contributed by atoms with Crippen molar-refractivity contribution in [3.8, 4) is 16.8 Å². The fourth-order valence-electron chi connectivity index (χ4n) is 6.08. The van der Waals surface area contributed by atoms with E-state index in [4.69, 9.17) is 0 Å². The zero-order valence-corrected chi connectivity index (χ0v) is 20.2. The fourth-order valence-corrected chi connectivity index (χ4v) is 6.08. The van der Waals surface area contributed by atoms with Crippen LogP contribution in [0.25, 0.3) is 70.9 Å². The highest BCUT2D eigenvalue weighted by atomic mass is 15.0. The first-order chi connectivity index (χ1) is 18.4. The van der Waals surface area contributed by atoms with Gasteiger partial charge in [-0.3, -0.25) is 0 Å². The molecule has 0 aliphatic rings. The molecule has 0 aliphatic carbocycles. The van der Waals surface area contributed by atoms with Crippen molar-refractivity contribution >= 4 is 54.1 Å². The average Bonchev–Trinajstić information content (AvgIpc) is 3.31. The predicted molar refractivity (Wildman–Crippen MR) is 159 cm³/mol. The second-order valence-electron chi connectivity index (χ2n) is 9.78. The minimum absolute atomic E-state index is 1.18. The Balaban J connectivity index is 1.62. The second-order valence-corrected chi connectivity index (χ2v) is 9.78. The third-order valence-electron chi connectivity index (χ3n) is 7.71. The molecule has 1 heterocycles. The molecule has 1 aromatic heterocycles. The Kier molecular flexibility index (Phi) is 4.29. The van der Waals surface area contributed by atoms with Crippen LogP contribution in [-0.4, -0.2) is 4.57 Å². The van der Waals surface area contributed by atoms with Crippen molar-refractivity contribution in [3.63, 3.8) is 0 Å². The maximum absolute atomic E-state index is 2.48. The Hall–Kier alpha value is -4.88. The van der Waals surface area contributed by atoms with Crippen LogP contribution in [0.15, 0.2) is 140 Å². The van der Waals surface area contributed by atoms with E-state index in [1.54, 1.807) is 0 Å². The van der Waals surface area contributed by atoms with Gasteiger partial charge in [-0.1, -0.05) is 115 Å². The lowest BCUT2D eigenvalue weighted by molar-refractivity contribution is 1.19. The molecule has 0 saturated carbocycles. The van der Waals surface area contributed by atoms with E-state index >= 15 is 0 Å². The Morgan fingerprint density at radius 1 is 0.378 bits per heavy atom. The summed E-state index contributed by atoms with van der Waals surface area (Å²) >= 11 is 0. The molecule has 1 heteroatoms. The number of rotatable bonds is 2. The molecule has 8 rings (SSSR count). The normalized spacial score (nSPS) is 11.8.